The maximum absolute atomic E-state index is 13.2. The Kier molecular flexibility index (Phi) is 4.19. The Morgan fingerprint density at radius 1 is 1.44 bits per heavy atom. The summed E-state index contributed by atoms with van der Waals surface area (Å²) in [5.74, 6) is -0.206. The first-order chi connectivity index (χ1) is 8.56. The minimum absolute atomic E-state index is 0.206. The van der Waals surface area contributed by atoms with Crippen molar-refractivity contribution in [2.45, 2.75) is 25.4 Å². The summed E-state index contributed by atoms with van der Waals surface area (Å²) in [7, 11) is 4.18. The van der Waals surface area contributed by atoms with Gasteiger partial charge in [0, 0.05) is 24.8 Å². The number of hydrogen-bond acceptors (Lipinski definition) is 3. The average molecular weight is 251 g/mol. The normalized spacial score (nSPS) is 20.8. The lowest BCUT2D eigenvalue weighted by Crippen LogP contribution is -2.37. The van der Waals surface area contributed by atoms with Gasteiger partial charge in [-0.2, -0.15) is 0 Å². The molecule has 2 rings (SSSR count). The van der Waals surface area contributed by atoms with Crippen LogP contribution in [0.2, 0.25) is 0 Å². The highest BCUT2D eigenvalue weighted by Gasteiger charge is 2.25. The van der Waals surface area contributed by atoms with Crippen molar-refractivity contribution < 1.29 is 4.39 Å². The molecule has 0 amide bonds. The zero-order valence-electron chi connectivity index (χ0n) is 11.2. The maximum Gasteiger partial charge on any atom is 0.123 e. The molecule has 0 aromatic heterocycles. The second kappa shape index (κ2) is 5.67. The number of rotatable bonds is 4. The predicted octanol–water partition coefficient (Wildman–Crippen LogP) is 1.93. The number of hydrogen-bond donors (Lipinski definition) is 1. The first-order valence-corrected chi connectivity index (χ1v) is 6.49. The molecule has 100 valence electrons. The second-order valence-electron chi connectivity index (χ2n) is 5.37. The Bertz CT molecular complexity index is 406. The minimum atomic E-state index is -0.206. The Hall–Kier alpha value is -1.13. The summed E-state index contributed by atoms with van der Waals surface area (Å²) in [6.07, 6.45) is 2.43. The molecule has 1 unspecified atom stereocenters. The monoisotopic (exact) mass is 251 g/mol. The molecule has 1 saturated heterocycles. The van der Waals surface area contributed by atoms with E-state index in [1.54, 1.807) is 12.1 Å². The molecule has 0 saturated carbocycles. The first-order valence-electron chi connectivity index (χ1n) is 6.49. The van der Waals surface area contributed by atoms with Crippen LogP contribution in [0.1, 0.15) is 18.4 Å². The summed E-state index contributed by atoms with van der Waals surface area (Å²) >= 11 is 0. The van der Waals surface area contributed by atoms with Crippen molar-refractivity contribution in [1.82, 2.24) is 9.80 Å². The standard InChI is InChI=1S/C14H22FN3/c1-17(2)10-13-4-3-7-18(13)9-11-8-12(15)5-6-14(11)16/h5-6,8,13H,3-4,7,9-10,16H2,1-2H3. The van der Waals surface area contributed by atoms with Gasteiger partial charge in [-0.1, -0.05) is 0 Å². The largest absolute Gasteiger partial charge is 0.398 e. The minimum Gasteiger partial charge on any atom is -0.398 e. The molecule has 1 aliphatic heterocycles. The first kappa shape index (κ1) is 13.3. The fourth-order valence-corrected chi connectivity index (χ4v) is 2.66. The highest BCUT2D eigenvalue weighted by atomic mass is 19.1. The second-order valence-corrected chi connectivity index (χ2v) is 5.37. The van der Waals surface area contributed by atoms with Crippen LogP contribution in [0.5, 0.6) is 0 Å². The molecule has 1 fully saturated rings. The summed E-state index contributed by atoms with van der Waals surface area (Å²) < 4.78 is 13.2. The molecule has 0 spiro atoms. The fourth-order valence-electron chi connectivity index (χ4n) is 2.66. The quantitative estimate of drug-likeness (QED) is 0.830. The van der Waals surface area contributed by atoms with Crippen LogP contribution in [0.15, 0.2) is 18.2 Å². The van der Waals surface area contributed by atoms with Gasteiger partial charge >= 0.3 is 0 Å². The smallest absolute Gasteiger partial charge is 0.123 e. The van der Waals surface area contributed by atoms with Gasteiger partial charge in [0.05, 0.1) is 0 Å². The molecule has 0 bridgehead atoms. The molecular weight excluding hydrogens is 229 g/mol. The van der Waals surface area contributed by atoms with Crippen molar-refractivity contribution in [3.8, 4) is 0 Å². The zero-order chi connectivity index (χ0) is 13.1. The van der Waals surface area contributed by atoms with Gasteiger partial charge in [0.25, 0.3) is 0 Å². The number of likely N-dealkylation sites (tertiary alicyclic amines) is 1. The summed E-state index contributed by atoms with van der Waals surface area (Å²) in [6.45, 7) is 2.88. The number of likely N-dealkylation sites (N-methyl/N-ethyl adjacent to an activating group) is 1. The lowest BCUT2D eigenvalue weighted by Gasteiger charge is -2.27. The highest BCUT2D eigenvalue weighted by molar-refractivity contribution is 5.46. The van der Waals surface area contributed by atoms with Gasteiger partial charge in [-0.25, -0.2) is 4.39 Å². The Morgan fingerprint density at radius 3 is 2.94 bits per heavy atom. The summed E-state index contributed by atoms with van der Waals surface area (Å²) in [5.41, 5.74) is 7.50. The molecule has 18 heavy (non-hydrogen) atoms. The van der Waals surface area contributed by atoms with E-state index in [1.807, 2.05) is 0 Å². The SMILES string of the molecule is CN(C)CC1CCCN1Cc1cc(F)ccc1N. The molecule has 1 aliphatic rings. The van der Waals surface area contributed by atoms with Gasteiger partial charge in [-0.05, 0) is 57.2 Å². The van der Waals surface area contributed by atoms with Crippen molar-refractivity contribution in [1.29, 1.82) is 0 Å². The van der Waals surface area contributed by atoms with Gasteiger partial charge in [-0.3, -0.25) is 4.90 Å². The van der Waals surface area contributed by atoms with Gasteiger partial charge in [0.1, 0.15) is 5.82 Å². The van der Waals surface area contributed by atoms with Crippen LogP contribution >= 0.6 is 0 Å². The van der Waals surface area contributed by atoms with Crippen molar-refractivity contribution in [3.63, 3.8) is 0 Å². The number of halogens is 1. The molecule has 2 N–H and O–H groups in total. The van der Waals surface area contributed by atoms with E-state index in [0.717, 1.165) is 25.2 Å². The summed E-state index contributed by atoms with van der Waals surface area (Å²) in [6, 6.07) is 5.19. The van der Waals surface area contributed by atoms with E-state index in [1.165, 1.54) is 18.9 Å². The predicted molar refractivity (Wildman–Crippen MR) is 72.8 cm³/mol. The van der Waals surface area contributed by atoms with Crippen LogP contribution < -0.4 is 5.73 Å². The van der Waals surface area contributed by atoms with Gasteiger partial charge < -0.3 is 10.6 Å². The Balaban J connectivity index is 2.05. The Labute approximate surface area is 108 Å². The number of nitrogens with zero attached hydrogens (tertiary/aromatic N) is 2. The van der Waals surface area contributed by atoms with Gasteiger partial charge in [0.15, 0.2) is 0 Å². The van der Waals surface area contributed by atoms with E-state index < -0.39 is 0 Å². The van der Waals surface area contributed by atoms with Crippen LogP contribution in [-0.4, -0.2) is 43.0 Å². The van der Waals surface area contributed by atoms with E-state index in [0.29, 0.717) is 11.7 Å². The van der Waals surface area contributed by atoms with Crippen molar-refractivity contribution >= 4 is 5.69 Å². The zero-order valence-corrected chi connectivity index (χ0v) is 11.2. The average Bonchev–Trinajstić information content (AvgIpc) is 2.70. The maximum atomic E-state index is 13.2. The van der Waals surface area contributed by atoms with E-state index >= 15 is 0 Å². The van der Waals surface area contributed by atoms with Crippen molar-refractivity contribution in [2.75, 3.05) is 32.9 Å². The third-order valence-electron chi connectivity index (χ3n) is 3.55. The third-order valence-corrected chi connectivity index (χ3v) is 3.55. The molecule has 3 nitrogen and oxygen atoms in total. The summed E-state index contributed by atoms with van der Waals surface area (Å²) in [4.78, 5) is 4.61. The van der Waals surface area contributed by atoms with Gasteiger partial charge in [0.2, 0.25) is 0 Å². The van der Waals surface area contributed by atoms with E-state index in [9.17, 15) is 4.39 Å². The molecule has 1 aromatic rings. The van der Waals surface area contributed by atoms with Crippen LogP contribution in [0.25, 0.3) is 0 Å². The fraction of sp³-hybridized carbons (Fsp3) is 0.571. The Morgan fingerprint density at radius 2 is 2.22 bits per heavy atom. The highest BCUT2D eigenvalue weighted by Crippen LogP contribution is 2.23. The van der Waals surface area contributed by atoms with Gasteiger partial charge in [-0.15, -0.1) is 0 Å². The molecular formula is C14H22FN3. The summed E-state index contributed by atoms with van der Waals surface area (Å²) in [5, 5.41) is 0. The van der Waals surface area contributed by atoms with Crippen LogP contribution in [0.3, 0.4) is 0 Å². The van der Waals surface area contributed by atoms with E-state index in [4.69, 9.17) is 5.73 Å². The molecule has 0 radical (unpaired) electrons. The van der Waals surface area contributed by atoms with E-state index in [-0.39, 0.29) is 5.82 Å². The molecule has 0 aliphatic carbocycles. The third kappa shape index (κ3) is 3.21. The number of benzene rings is 1. The van der Waals surface area contributed by atoms with Crippen LogP contribution in [0.4, 0.5) is 10.1 Å². The molecule has 1 heterocycles. The van der Waals surface area contributed by atoms with E-state index in [2.05, 4.69) is 23.9 Å². The lowest BCUT2D eigenvalue weighted by molar-refractivity contribution is 0.201. The molecule has 1 aromatic carbocycles. The van der Waals surface area contributed by atoms with Crippen LogP contribution in [-0.2, 0) is 6.54 Å². The lowest BCUT2D eigenvalue weighted by atomic mass is 10.1. The topological polar surface area (TPSA) is 32.5 Å². The number of anilines is 1. The van der Waals surface area contributed by atoms with Crippen molar-refractivity contribution in [3.05, 3.63) is 29.6 Å². The van der Waals surface area contributed by atoms with Crippen molar-refractivity contribution in [2.24, 2.45) is 0 Å². The number of nitrogens with two attached hydrogens (primary N) is 1. The molecule has 1 atom stereocenters. The molecule has 4 heteroatoms. The van der Waals surface area contributed by atoms with Crippen LogP contribution in [0, 0.1) is 5.82 Å². The number of nitrogen functional groups attached to an aromatic ring is 1.